The lowest BCUT2D eigenvalue weighted by Gasteiger charge is -2.18. The van der Waals surface area contributed by atoms with Gasteiger partial charge in [-0.25, -0.2) is 0 Å². The van der Waals surface area contributed by atoms with Gasteiger partial charge in [-0.3, -0.25) is 0 Å². The minimum atomic E-state index is 0.510. The highest BCUT2D eigenvalue weighted by Gasteiger charge is 2.09. The van der Waals surface area contributed by atoms with Crippen LogP contribution in [-0.4, -0.2) is 25.7 Å². The molecule has 1 heterocycles. The highest BCUT2D eigenvalue weighted by molar-refractivity contribution is 6.30. The molecular weight excluding hydrogens is 184 g/mol. The van der Waals surface area contributed by atoms with Gasteiger partial charge in [0.05, 0.1) is 0 Å². The molecule has 0 unspecified atom stereocenters. The number of rotatable bonds is 3. The van der Waals surface area contributed by atoms with Crippen LogP contribution in [0.2, 0.25) is 0 Å². The fourth-order valence-electron chi connectivity index (χ4n) is 1.42. The summed E-state index contributed by atoms with van der Waals surface area (Å²) in [6.45, 7) is 7.25. The van der Waals surface area contributed by atoms with Crippen molar-refractivity contribution < 1.29 is 0 Å². The van der Waals surface area contributed by atoms with E-state index in [2.05, 4.69) is 24.5 Å². The number of nitrogens with one attached hydrogen (secondary N) is 2. The normalized spacial score (nSPS) is 18.0. The molecule has 0 aliphatic carbocycles. The Kier molecular flexibility index (Phi) is 4.78. The van der Waals surface area contributed by atoms with E-state index in [1.54, 1.807) is 0 Å². The first-order chi connectivity index (χ1) is 6.20. The van der Waals surface area contributed by atoms with Gasteiger partial charge in [-0.05, 0) is 25.9 Å². The average Bonchev–Trinajstić information content (AvgIpc) is 2.15. The van der Waals surface area contributed by atoms with Crippen LogP contribution < -0.4 is 10.6 Å². The molecule has 1 aliphatic rings. The maximum atomic E-state index is 6.19. The molecule has 2 N–H and O–H groups in total. The van der Waals surface area contributed by atoms with Crippen molar-refractivity contribution in [3.05, 3.63) is 10.6 Å². The second kappa shape index (κ2) is 5.63. The Morgan fingerprint density at radius 3 is 2.62 bits per heavy atom. The molecule has 0 aromatic rings. The first-order valence-electron chi connectivity index (χ1n) is 5.00. The first-order valence-corrected chi connectivity index (χ1v) is 5.38. The summed E-state index contributed by atoms with van der Waals surface area (Å²) in [5.74, 6) is 0. The molecule has 1 saturated heterocycles. The number of piperidine rings is 1. The molecule has 76 valence electrons. The van der Waals surface area contributed by atoms with Crippen LogP contribution in [0.5, 0.6) is 0 Å². The van der Waals surface area contributed by atoms with Crippen molar-refractivity contribution in [2.24, 2.45) is 0 Å². The first kappa shape index (κ1) is 11.0. The molecule has 3 heteroatoms. The summed E-state index contributed by atoms with van der Waals surface area (Å²) in [4.78, 5) is 0. The van der Waals surface area contributed by atoms with Crippen molar-refractivity contribution in [1.82, 2.24) is 10.6 Å². The van der Waals surface area contributed by atoms with Crippen molar-refractivity contribution in [3.8, 4) is 0 Å². The molecule has 1 rings (SSSR count). The SMILES string of the molecule is CC(C)NCC(Cl)=C1CCNCC1. The molecular formula is C10H19ClN2. The van der Waals surface area contributed by atoms with E-state index < -0.39 is 0 Å². The van der Waals surface area contributed by atoms with Crippen LogP contribution in [0, 0.1) is 0 Å². The summed E-state index contributed by atoms with van der Waals surface area (Å²) in [6, 6.07) is 0.510. The van der Waals surface area contributed by atoms with Gasteiger partial charge in [0, 0.05) is 17.6 Å². The van der Waals surface area contributed by atoms with E-state index in [-0.39, 0.29) is 0 Å². The van der Waals surface area contributed by atoms with Gasteiger partial charge < -0.3 is 10.6 Å². The third-order valence-electron chi connectivity index (χ3n) is 2.26. The quantitative estimate of drug-likeness (QED) is 0.730. The monoisotopic (exact) mass is 202 g/mol. The van der Waals surface area contributed by atoms with Gasteiger partial charge in [-0.1, -0.05) is 31.0 Å². The van der Waals surface area contributed by atoms with Gasteiger partial charge in [0.2, 0.25) is 0 Å². The molecule has 0 bridgehead atoms. The summed E-state index contributed by atoms with van der Waals surface area (Å²) in [7, 11) is 0. The zero-order chi connectivity index (χ0) is 9.68. The zero-order valence-electron chi connectivity index (χ0n) is 8.49. The standard InChI is InChI=1S/C10H19ClN2/c1-8(2)13-7-10(11)9-3-5-12-6-4-9/h8,12-13H,3-7H2,1-2H3. The molecule has 2 nitrogen and oxygen atoms in total. The van der Waals surface area contributed by atoms with Gasteiger partial charge in [-0.15, -0.1) is 0 Å². The Balaban J connectivity index is 2.37. The second-order valence-corrected chi connectivity index (χ2v) is 4.25. The number of halogens is 1. The molecule has 0 spiro atoms. The lowest BCUT2D eigenvalue weighted by Crippen LogP contribution is -2.27. The smallest absolute Gasteiger partial charge is 0.0315 e. The minimum absolute atomic E-state index is 0.510. The summed E-state index contributed by atoms with van der Waals surface area (Å²) >= 11 is 6.19. The average molecular weight is 203 g/mol. The van der Waals surface area contributed by atoms with E-state index in [9.17, 15) is 0 Å². The lowest BCUT2D eigenvalue weighted by molar-refractivity contribution is 0.593. The summed E-state index contributed by atoms with van der Waals surface area (Å²) in [5.41, 5.74) is 1.42. The maximum Gasteiger partial charge on any atom is 0.0315 e. The van der Waals surface area contributed by atoms with E-state index in [0.29, 0.717) is 6.04 Å². The zero-order valence-corrected chi connectivity index (χ0v) is 9.25. The van der Waals surface area contributed by atoms with Crippen molar-refractivity contribution in [2.45, 2.75) is 32.7 Å². The third kappa shape index (κ3) is 4.12. The van der Waals surface area contributed by atoms with E-state index >= 15 is 0 Å². The molecule has 1 aliphatic heterocycles. The van der Waals surface area contributed by atoms with E-state index in [4.69, 9.17) is 11.6 Å². The van der Waals surface area contributed by atoms with Crippen LogP contribution in [0.25, 0.3) is 0 Å². The van der Waals surface area contributed by atoms with Crippen LogP contribution in [0.3, 0.4) is 0 Å². The maximum absolute atomic E-state index is 6.19. The van der Waals surface area contributed by atoms with E-state index in [1.165, 1.54) is 5.57 Å². The number of hydrogen-bond acceptors (Lipinski definition) is 2. The fraction of sp³-hybridized carbons (Fsp3) is 0.800. The van der Waals surface area contributed by atoms with Crippen molar-refractivity contribution >= 4 is 11.6 Å². The molecule has 0 radical (unpaired) electrons. The molecule has 0 aromatic heterocycles. The highest BCUT2D eigenvalue weighted by atomic mass is 35.5. The molecule has 0 aromatic carbocycles. The fourth-order valence-corrected chi connectivity index (χ4v) is 1.68. The van der Waals surface area contributed by atoms with Crippen molar-refractivity contribution in [1.29, 1.82) is 0 Å². The van der Waals surface area contributed by atoms with Gasteiger partial charge in [-0.2, -0.15) is 0 Å². The van der Waals surface area contributed by atoms with Gasteiger partial charge in [0.25, 0.3) is 0 Å². The van der Waals surface area contributed by atoms with E-state index in [0.717, 1.165) is 37.5 Å². The Bertz CT molecular complexity index is 179. The molecule has 0 amide bonds. The van der Waals surface area contributed by atoms with Gasteiger partial charge in [0.15, 0.2) is 0 Å². The Morgan fingerprint density at radius 2 is 2.08 bits per heavy atom. The topological polar surface area (TPSA) is 24.1 Å². The van der Waals surface area contributed by atoms with Crippen LogP contribution in [0.15, 0.2) is 10.6 Å². The molecule has 13 heavy (non-hydrogen) atoms. The summed E-state index contributed by atoms with van der Waals surface area (Å²) in [5, 5.41) is 7.68. The Hall–Kier alpha value is -0.0500. The summed E-state index contributed by atoms with van der Waals surface area (Å²) < 4.78 is 0. The second-order valence-electron chi connectivity index (χ2n) is 3.79. The highest BCUT2D eigenvalue weighted by Crippen LogP contribution is 2.18. The Labute approximate surface area is 85.7 Å². The molecule has 1 fully saturated rings. The number of hydrogen-bond donors (Lipinski definition) is 2. The largest absolute Gasteiger partial charge is 0.316 e. The lowest BCUT2D eigenvalue weighted by atomic mass is 10.1. The van der Waals surface area contributed by atoms with Gasteiger partial charge >= 0.3 is 0 Å². The van der Waals surface area contributed by atoms with Crippen molar-refractivity contribution in [2.75, 3.05) is 19.6 Å². The van der Waals surface area contributed by atoms with Crippen LogP contribution in [0.4, 0.5) is 0 Å². The van der Waals surface area contributed by atoms with Crippen LogP contribution >= 0.6 is 11.6 Å². The van der Waals surface area contributed by atoms with Crippen LogP contribution in [-0.2, 0) is 0 Å². The Morgan fingerprint density at radius 1 is 1.46 bits per heavy atom. The predicted molar refractivity (Wildman–Crippen MR) is 58.1 cm³/mol. The van der Waals surface area contributed by atoms with E-state index in [1.807, 2.05) is 0 Å². The minimum Gasteiger partial charge on any atom is -0.316 e. The van der Waals surface area contributed by atoms with Crippen LogP contribution in [0.1, 0.15) is 26.7 Å². The summed E-state index contributed by atoms with van der Waals surface area (Å²) in [6.07, 6.45) is 2.22. The molecule has 0 atom stereocenters. The third-order valence-corrected chi connectivity index (χ3v) is 2.66. The predicted octanol–water partition coefficient (Wildman–Crippen LogP) is 1.86. The molecule has 0 saturated carbocycles. The van der Waals surface area contributed by atoms with Crippen molar-refractivity contribution in [3.63, 3.8) is 0 Å². The van der Waals surface area contributed by atoms with Gasteiger partial charge in [0.1, 0.15) is 0 Å².